The number of terminal acetylenes is 1. The van der Waals surface area contributed by atoms with Crippen LogP contribution in [0.5, 0.6) is 0 Å². The molecular formula is C25H35IN2O2S. The van der Waals surface area contributed by atoms with Gasteiger partial charge in [-0.3, -0.25) is 5.41 Å². The Kier molecular flexibility index (Phi) is 8.95. The van der Waals surface area contributed by atoms with Crippen molar-refractivity contribution >= 4 is 45.4 Å². The molecule has 1 aliphatic carbocycles. The van der Waals surface area contributed by atoms with E-state index < -0.39 is 6.10 Å². The maximum Gasteiger partial charge on any atom is 0.182 e. The molecule has 170 valence electrons. The van der Waals surface area contributed by atoms with Gasteiger partial charge in [0, 0.05) is 21.6 Å². The highest BCUT2D eigenvalue weighted by Crippen LogP contribution is 2.42. The number of hydrogen-bond donors (Lipinski definition) is 2. The number of rotatable bonds is 9. The normalized spacial score (nSPS) is 19.8. The molecule has 4 nitrogen and oxygen atoms in total. The molecule has 4 atom stereocenters. The van der Waals surface area contributed by atoms with Crippen LogP contribution in [0.15, 0.2) is 23.1 Å². The largest absolute Gasteiger partial charge is 0.473 e. The number of thiazole rings is 1. The molecule has 2 N–H and O–H groups in total. The van der Waals surface area contributed by atoms with Gasteiger partial charge < -0.3 is 9.84 Å². The van der Waals surface area contributed by atoms with Crippen molar-refractivity contribution in [2.24, 2.45) is 17.3 Å². The van der Waals surface area contributed by atoms with Crippen molar-refractivity contribution in [2.75, 3.05) is 0 Å². The second kappa shape index (κ2) is 10.6. The van der Waals surface area contributed by atoms with E-state index in [0.717, 1.165) is 29.7 Å². The lowest BCUT2D eigenvalue weighted by atomic mass is 9.72. The van der Waals surface area contributed by atoms with Crippen LogP contribution in [0.1, 0.15) is 71.5 Å². The number of aromatic nitrogens is 1. The number of aliphatic hydroxyl groups excluding tert-OH is 1. The van der Waals surface area contributed by atoms with Gasteiger partial charge in [0.25, 0.3) is 0 Å². The summed E-state index contributed by atoms with van der Waals surface area (Å²) in [4.78, 5) is 4.50. The number of nitrogens with one attached hydrogen (secondary N) is 1. The standard InChI is InChI=1S/C25H35IN2O2S/c1-9-23-28-19(13-31-23)18-10-11-20(16(18)5)30-22(27)12-21(26)25(7,8)17(6)15(4)24(29)14(2)3/h1,13-15,20-21,24,27,29H,6,10-12H2,2-5,7-8H3/t15-,20-,21-,24-/m0/s1. The Bertz CT molecular complexity index is 894. The Balaban J connectivity index is 2.01. The molecule has 0 amide bonds. The lowest BCUT2D eigenvalue weighted by Crippen LogP contribution is -2.36. The maximum absolute atomic E-state index is 10.5. The van der Waals surface area contributed by atoms with Crippen molar-refractivity contribution < 1.29 is 9.84 Å². The van der Waals surface area contributed by atoms with Crippen LogP contribution in [0, 0.1) is 35.0 Å². The van der Waals surface area contributed by atoms with Gasteiger partial charge in [0.2, 0.25) is 0 Å². The number of hydrogen-bond acceptors (Lipinski definition) is 5. The lowest BCUT2D eigenvalue weighted by molar-refractivity contribution is 0.0785. The highest BCUT2D eigenvalue weighted by atomic mass is 127. The summed E-state index contributed by atoms with van der Waals surface area (Å²) in [5, 5.41) is 21.7. The average molecular weight is 555 g/mol. The molecule has 0 spiro atoms. The van der Waals surface area contributed by atoms with Crippen LogP contribution < -0.4 is 0 Å². The van der Waals surface area contributed by atoms with Gasteiger partial charge >= 0.3 is 0 Å². The molecule has 0 saturated carbocycles. The Hall–Kier alpha value is -1.17. The smallest absolute Gasteiger partial charge is 0.182 e. The second-order valence-corrected chi connectivity index (χ2v) is 11.7. The van der Waals surface area contributed by atoms with E-state index in [4.69, 9.17) is 16.6 Å². The molecule has 1 heterocycles. The molecule has 0 unspecified atom stereocenters. The van der Waals surface area contributed by atoms with Gasteiger partial charge in [-0.05, 0) is 48.2 Å². The summed E-state index contributed by atoms with van der Waals surface area (Å²) in [7, 11) is 0. The van der Waals surface area contributed by atoms with E-state index in [1.54, 1.807) is 0 Å². The first-order valence-corrected chi connectivity index (χ1v) is 12.9. The third-order valence-electron chi connectivity index (χ3n) is 6.56. The highest BCUT2D eigenvalue weighted by Gasteiger charge is 2.37. The third kappa shape index (κ3) is 6.00. The first-order valence-electron chi connectivity index (χ1n) is 10.8. The van der Waals surface area contributed by atoms with Gasteiger partial charge in [-0.2, -0.15) is 0 Å². The van der Waals surface area contributed by atoms with Crippen molar-refractivity contribution in [3.63, 3.8) is 0 Å². The molecule has 0 aromatic carbocycles. The fourth-order valence-electron chi connectivity index (χ4n) is 4.05. The zero-order valence-electron chi connectivity index (χ0n) is 19.5. The first-order chi connectivity index (χ1) is 14.4. The fourth-order valence-corrected chi connectivity index (χ4v) is 5.49. The molecule has 6 heteroatoms. The number of nitrogens with zero attached hydrogens (tertiary/aromatic N) is 1. The van der Waals surface area contributed by atoms with Gasteiger partial charge in [-0.1, -0.05) is 69.4 Å². The lowest BCUT2D eigenvalue weighted by Gasteiger charge is -2.38. The summed E-state index contributed by atoms with van der Waals surface area (Å²) in [6, 6.07) is 0. The molecule has 1 aromatic rings. The molecule has 31 heavy (non-hydrogen) atoms. The number of ether oxygens (including phenoxy) is 1. The highest BCUT2D eigenvalue weighted by molar-refractivity contribution is 14.1. The van der Waals surface area contributed by atoms with Gasteiger partial charge in [-0.25, -0.2) is 4.98 Å². The average Bonchev–Trinajstić information content (AvgIpc) is 3.32. The van der Waals surface area contributed by atoms with E-state index in [1.165, 1.54) is 16.9 Å². The SMILES string of the molecule is C#Cc1nc(C2=C(C)[C@@H](OC(=N)C[C@H](I)C(C)(C)C(=C)[C@H](C)[C@@H](O)C(C)C)CC2)cs1. The Morgan fingerprint density at radius 2 is 2.13 bits per heavy atom. The summed E-state index contributed by atoms with van der Waals surface area (Å²) < 4.78 is 6.21. The molecule has 0 saturated heterocycles. The summed E-state index contributed by atoms with van der Waals surface area (Å²) in [5.41, 5.74) is 4.06. The summed E-state index contributed by atoms with van der Waals surface area (Å²) in [6.45, 7) is 16.8. The van der Waals surface area contributed by atoms with Crippen LogP contribution in [0.3, 0.4) is 0 Å². The predicted molar refractivity (Wildman–Crippen MR) is 140 cm³/mol. The Labute approximate surface area is 205 Å². The van der Waals surface area contributed by atoms with Crippen LogP contribution >= 0.6 is 33.9 Å². The molecular weight excluding hydrogens is 519 g/mol. The predicted octanol–water partition coefficient (Wildman–Crippen LogP) is 6.48. The number of halogens is 1. The van der Waals surface area contributed by atoms with Gasteiger partial charge in [0.15, 0.2) is 10.9 Å². The number of aliphatic hydroxyl groups is 1. The Morgan fingerprint density at radius 3 is 2.68 bits per heavy atom. The monoisotopic (exact) mass is 554 g/mol. The molecule has 0 aliphatic heterocycles. The van der Waals surface area contributed by atoms with Crippen LogP contribution in [0.2, 0.25) is 0 Å². The van der Waals surface area contributed by atoms with E-state index in [1.807, 2.05) is 26.2 Å². The fraction of sp³-hybridized carbons (Fsp3) is 0.600. The summed E-state index contributed by atoms with van der Waals surface area (Å²) in [6.07, 6.45) is 7.20. The minimum atomic E-state index is -0.420. The molecule has 1 aromatic heterocycles. The van der Waals surface area contributed by atoms with Crippen LogP contribution in [0.25, 0.3) is 5.57 Å². The zero-order valence-corrected chi connectivity index (χ0v) is 22.4. The maximum atomic E-state index is 10.5. The molecule has 0 radical (unpaired) electrons. The van der Waals surface area contributed by atoms with Crippen molar-refractivity contribution in [1.82, 2.24) is 4.98 Å². The topological polar surface area (TPSA) is 66.2 Å². The number of allylic oxidation sites excluding steroid dienone is 1. The second-order valence-electron chi connectivity index (χ2n) is 9.35. The van der Waals surface area contributed by atoms with Crippen LogP contribution in [0.4, 0.5) is 0 Å². The number of alkyl halides is 1. The molecule has 1 aliphatic rings. The van der Waals surface area contributed by atoms with Crippen molar-refractivity contribution in [2.45, 2.75) is 76.9 Å². The minimum Gasteiger partial charge on any atom is -0.473 e. The van der Waals surface area contributed by atoms with Crippen molar-refractivity contribution in [1.29, 1.82) is 5.41 Å². The first kappa shape index (κ1) is 26.1. The van der Waals surface area contributed by atoms with Gasteiger partial charge in [-0.15, -0.1) is 17.8 Å². The third-order valence-corrected chi connectivity index (χ3v) is 9.33. The quantitative estimate of drug-likeness (QED) is 0.0917. The van der Waals surface area contributed by atoms with Crippen molar-refractivity contribution in [3.8, 4) is 12.3 Å². The van der Waals surface area contributed by atoms with E-state index in [0.29, 0.717) is 17.3 Å². The summed E-state index contributed by atoms with van der Waals surface area (Å²) in [5.74, 6) is 3.06. The van der Waals surface area contributed by atoms with E-state index in [9.17, 15) is 5.11 Å². The van der Waals surface area contributed by atoms with Gasteiger partial charge in [0.05, 0.1) is 11.8 Å². The van der Waals surface area contributed by atoms with Crippen LogP contribution in [-0.2, 0) is 4.74 Å². The Morgan fingerprint density at radius 1 is 1.48 bits per heavy atom. The van der Waals surface area contributed by atoms with Crippen LogP contribution in [-0.4, -0.2) is 32.1 Å². The summed E-state index contributed by atoms with van der Waals surface area (Å²) >= 11 is 3.88. The van der Waals surface area contributed by atoms with Crippen molar-refractivity contribution in [3.05, 3.63) is 33.8 Å². The molecule has 2 rings (SSSR count). The van der Waals surface area contributed by atoms with Gasteiger partial charge in [0.1, 0.15) is 6.10 Å². The molecule has 0 bridgehead atoms. The van der Waals surface area contributed by atoms with E-state index in [-0.39, 0.29) is 27.3 Å². The van der Waals surface area contributed by atoms with E-state index >= 15 is 0 Å². The zero-order chi connectivity index (χ0) is 23.5. The van der Waals surface area contributed by atoms with E-state index in [2.05, 4.69) is 60.8 Å². The minimum absolute atomic E-state index is 0.00375. The molecule has 0 fully saturated rings.